The summed E-state index contributed by atoms with van der Waals surface area (Å²) in [6, 6.07) is 26.6. The summed E-state index contributed by atoms with van der Waals surface area (Å²) in [5.74, 6) is 0.875. The van der Waals surface area contributed by atoms with Crippen molar-refractivity contribution >= 4 is 0 Å². The molecule has 0 bridgehead atoms. The van der Waals surface area contributed by atoms with E-state index in [0.29, 0.717) is 13.2 Å². The molecule has 0 saturated carbocycles. The van der Waals surface area contributed by atoms with Gasteiger partial charge in [0.15, 0.2) is 0 Å². The zero-order chi connectivity index (χ0) is 15.2. The molecule has 3 aromatic rings. The molecule has 0 aliphatic carbocycles. The van der Waals surface area contributed by atoms with Gasteiger partial charge in [0.2, 0.25) is 0 Å². The van der Waals surface area contributed by atoms with Gasteiger partial charge in [-0.25, -0.2) is 0 Å². The van der Waals surface area contributed by atoms with Crippen LogP contribution in [0.25, 0.3) is 11.1 Å². The first-order chi connectivity index (χ1) is 10.9. The minimum absolute atomic E-state index is 0.463. The fourth-order valence-electron chi connectivity index (χ4n) is 2.49. The van der Waals surface area contributed by atoms with Crippen molar-refractivity contribution < 1.29 is 4.74 Å². The van der Waals surface area contributed by atoms with Crippen molar-refractivity contribution in [3.63, 3.8) is 0 Å². The molecule has 0 unspecified atom stereocenters. The Morgan fingerprint density at radius 2 is 1.41 bits per heavy atom. The Kier molecular flexibility index (Phi) is 4.52. The van der Waals surface area contributed by atoms with Crippen LogP contribution in [0.1, 0.15) is 11.1 Å². The zero-order valence-electron chi connectivity index (χ0n) is 12.4. The van der Waals surface area contributed by atoms with Crippen LogP contribution in [0, 0.1) is 0 Å². The lowest BCUT2D eigenvalue weighted by atomic mass is 10.0. The van der Waals surface area contributed by atoms with Gasteiger partial charge in [0.1, 0.15) is 12.4 Å². The Morgan fingerprint density at radius 1 is 0.727 bits per heavy atom. The van der Waals surface area contributed by atoms with Crippen molar-refractivity contribution in [1.29, 1.82) is 0 Å². The van der Waals surface area contributed by atoms with E-state index in [0.717, 1.165) is 28.0 Å². The highest BCUT2D eigenvalue weighted by Gasteiger charge is 2.10. The van der Waals surface area contributed by atoms with Gasteiger partial charge in [-0.05, 0) is 11.1 Å². The molecule has 2 heteroatoms. The first-order valence-corrected chi connectivity index (χ1v) is 7.42. The minimum atomic E-state index is 0.463. The van der Waals surface area contributed by atoms with Crippen LogP contribution in [0.3, 0.4) is 0 Å². The lowest BCUT2D eigenvalue weighted by molar-refractivity contribution is 0.304. The van der Waals surface area contributed by atoms with Crippen molar-refractivity contribution in [2.75, 3.05) is 0 Å². The quantitative estimate of drug-likeness (QED) is 0.756. The number of nitrogens with two attached hydrogens (primary N) is 1. The summed E-state index contributed by atoms with van der Waals surface area (Å²) in [7, 11) is 0. The van der Waals surface area contributed by atoms with E-state index in [1.54, 1.807) is 0 Å². The highest BCUT2D eigenvalue weighted by atomic mass is 16.5. The van der Waals surface area contributed by atoms with Gasteiger partial charge in [0, 0.05) is 17.7 Å². The molecule has 0 saturated heterocycles. The Bertz CT molecular complexity index is 723. The molecule has 110 valence electrons. The molecule has 3 aromatic carbocycles. The zero-order valence-corrected chi connectivity index (χ0v) is 12.4. The van der Waals surface area contributed by atoms with Gasteiger partial charge in [-0.3, -0.25) is 0 Å². The Balaban J connectivity index is 1.94. The number of benzene rings is 3. The second kappa shape index (κ2) is 6.92. The van der Waals surface area contributed by atoms with Crippen molar-refractivity contribution in [1.82, 2.24) is 0 Å². The van der Waals surface area contributed by atoms with E-state index in [4.69, 9.17) is 10.5 Å². The Hall–Kier alpha value is -2.58. The van der Waals surface area contributed by atoms with Crippen LogP contribution >= 0.6 is 0 Å². The van der Waals surface area contributed by atoms with Gasteiger partial charge >= 0.3 is 0 Å². The third-order valence-electron chi connectivity index (χ3n) is 3.63. The SMILES string of the molecule is NCc1cccc(-c2ccccc2)c1OCc1ccccc1. The maximum absolute atomic E-state index is 6.12. The molecule has 0 aromatic heterocycles. The second-order valence-electron chi connectivity index (χ2n) is 5.14. The third kappa shape index (κ3) is 3.18. The van der Waals surface area contributed by atoms with Crippen molar-refractivity contribution in [3.05, 3.63) is 90.0 Å². The van der Waals surface area contributed by atoms with E-state index in [1.165, 1.54) is 0 Å². The van der Waals surface area contributed by atoms with Crippen LogP contribution in [-0.2, 0) is 13.2 Å². The van der Waals surface area contributed by atoms with Crippen LogP contribution in [0.4, 0.5) is 0 Å². The normalized spacial score (nSPS) is 10.4. The number of hydrogen-bond donors (Lipinski definition) is 1. The smallest absolute Gasteiger partial charge is 0.132 e. The molecule has 3 rings (SSSR count). The Labute approximate surface area is 131 Å². The van der Waals surface area contributed by atoms with Crippen molar-refractivity contribution in [2.45, 2.75) is 13.2 Å². The van der Waals surface area contributed by atoms with Gasteiger partial charge in [0.05, 0.1) is 0 Å². The van der Waals surface area contributed by atoms with E-state index in [1.807, 2.05) is 48.5 Å². The predicted octanol–water partition coefficient (Wildman–Crippen LogP) is 4.39. The lowest BCUT2D eigenvalue weighted by Crippen LogP contribution is -2.04. The molecule has 0 fully saturated rings. The highest BCUT2D eigenvalue weighted by molar-refractivity contribution is 5.72. The predicted molar refractivity (Wildman–Crippen MR) is 90.5 cm³/mol. The average Bonchev–Trinajstić information content (AvgIpc) is 2.61. The lowest BCUT2D eigenvalue weighted by Gasteiger charge is -2.15. The average molecular weight is 289 g/mol. The number of rotatable bonds is 5. The molecule has 2 nitrogen and oxygen atoms in total. The first-order valence-electron chi connectivity index (χ1n) is 7.42. The van der Waals surface area contributed by atoms with E-state index in [9.17, 15) is 0 Å². The van der Waals surface area contributed by atoms with E-state index >= 15 is 0 Å². The summed E-state index contributed by atoms with van der Waals surface area (Å²) in [5.41, 5.74) is 10.3. The minimum Gasteiger partial charge on any atom is -0.488 e. The van der Waals surface area contributed by atoms with Gasteiger partial charge < -0.3 is 10.5 Å². The number of hydrogen-bond acceptors (Lipinski definition) is 2. The molecule has 0 radical (unpaired) electrons. The van der Waals surface area contributed by atoms with E-state index in [-0.39, 0.29) is 0 Å². The van der Waals surface area contributed by atoms with Crippen LogP contribution in [-0.4, -0.2) is 0 Å². The fourth-order valence-corrected chi connectivity index (χ4v) is 2.49. The maximum atomic E-state index is 6.12. The van der Waals surface area contributed by atoms with Gasteiger partial charge in [-0.1, -0.05) is 78.9 Å². The molecular weight excluding hydrogens is 270 g/mol. The molecule has 2 N–H and O–H groups in total. The van der Waals surface area contributed by atoms with Crippen molar-refractivity contribution in [3.8, 4) is 16.9 Å². The summed E-state index contributed by atoms with van der Waals surface area (Å²) in [6.07, 6.45) is 0. The second-order valence-corrected chi connectivity index (χ2v) is 5.14. The monoisotopic (exact) mass is 289 g/mol. The van der Waals surface area contributed by atoms with Crippen LogP contribution in [0.15, 0.2) is 78.9 Å². The highest BCUT2D eigenvalue weighted by Crippen LogP contribution is 2.33. The molecule has 0 spiro atoms. The summed E-state index contributed by atoms with van der Waals surface area (Å²) < 4.78 is 6.12. The fraction of sp³-hybridized carbons (Fsp3) is 0.100. The third-order valence-corrected chi connectivity index (χ3v) is 3.63. The summed E-state index contributed by atoms with van der Waals surface area (Å²) in [6.45, 7) is 1.00. The summed E-state index contributed by atoms with van der Waals surface area (Å²) in [4.78, 5) is 0. The number of para-hydroxylation sites is 1. The van der Waals surface area contributed by atoms with Crippen molar-refractivity contribution in [2.24, 2.45) is 5.73 Å². The Morgan fingerprint density at radius 3 is 2.09 bits per heavy atom. The van der Waals surface area contributed by atoms with Gasteiger partial charge in [0.25, 0.3) is 0 Å². The largest absolute Gasteiger partial charge is 0.488 e. The summed E-state index contributed by atoms with van der Waals surface area (Å²) in [5, 5.41) is 0. The first kappa shape index (κ1) is 14.4. The topological polar surface area (TPSA) is 35.2 Å². The molecular formula is C20H19NO. The van der Waals surface area contributed by atoms with Crippen LogP contribution in [0.2, 0.25) is 0 Å². The molecule has 22 heavy (non-hydrogen) atoms. The van der Waals surface area contributed by atoms with Crippen LogP contribution in [0.5, 0.6) is 5.75 Å². The molecule has 0 amide bonds. The molecule has 0 heterocycles. The van der Waals surface area contributed by atoms with Crippen LogP contribution < -0.4 is 10.5 Å². The molecule has 0 atom stereocenters. The van der Waals surface area contributed by atoms with Gasteiger partial charge in [-0.15, -0.1) is 0 Å². The summed E-state index contributed by atoms with van der Waals surface area (Å²) >= 11 is 0. The maximum Gasteiger partial charge on any atom is 0.132 e. The molecule has 0 aliphatic heterocycles. The van der Waals surface area contributed by atoms with E-state index in [2.05, 4.69) is 30.3 Å². The van der Waals surface area contributed by atoms with Gasteiger partial charge in [-0.2, -0.15) is 0 Å². The standard InChI is InChI=1S/C20H19NO/c21-14-18-12-7-13-19(17-10-5-2-6-11-17)20(18)22-15-16-8-3-1-4-9-16/h1-13H,14-15,21H2. The van der Waals surface area contributed by atoms with E-state index < -0.39 is 0 Å². The number of ether oxygens (including phenoxy) is 1. The molecule has 0 aliphatic rings.